The van der Waals surface area contributed by atoms with Crippen LogP contribution in [0.5, 0.6) is 0 Å². The fraction of sp³-hybridized carbons (Fsp3) is 0.333. The molecule has 0 aromatic carbocycles. The van der Waals surface area contributed by atoms with Crippen LogP contribution >= 0.6 is 0 Å². The Morgan fingerprint density at radius 2 is 2.36 bits per heavy atom. The molecule has 0 saturated heterocycles. The normalized spacial score (nSPS) is 9.57. The highest BCUT2D eigenvalue weighted by Gasteiger charge is 2.05. The van der Waals surface area contributed by atoms with Gasteiger partial charge in [-0.1, -0.05) is 0 Å². The van der Waals surface area contributed by atoms with Crippen LogP contribution in [0.4, 0.5) is 10.1 Å². The molecule has 2 N–H and O–H groups in total. The summed E-state index contributed by atoms with van der Waals surface area (Å²) < 4.78 is 11.7. The second-order valence-electron chi connectivity index (χ2n) is 2.63. The van der Waals surface area contributed by atoms with Crippen molar-refractivity contribution in [3.63, 3.8) is 0 Å². The third kappa shape index (κ3) is 2.69. The molecular formula is C9H12FN3O. The highest BCUT2D eigenvalue weighted by Crippen LogP contribution is 2.04. The predicted octanol–water partition coefficient (Wildman–Crippen LogP) is 0.823. The fourth-order valence-electron chi connectivity index (χ4n) is 0.927. The van der Waals surface area contributed by atoms with Crippen molar-refractivity contribution in [2.75, 3.05) is 25.6 Å². The first-order valence-electron chi connectivity index (χ1n) is 4.26. The van der Waals surface area contributed by atoms with Crippen LogP contribution in [-0.2, 0) is 0 Å². The van der Waals surface area contributed by atoms with Crippen LogP contribution in [0.3, 0.4) is 0 Å². The van der Waals surface area contributed by atoms with Crippen molar-refractivity contribution < 1.29 is 9.18 Å². The number of pyridine rings is 1. The van der Waals surface area contributed by atoms with Crippen LogP contribution in [0.2, 0.25) is 0 Å². The lowest BCUT2D eigenvalue weighted by Crippen LogP contribution is -2.26. The zero-order chi connectivity index (χ0) is 10.4. The molecule has 4 nitrogen and oxygen atoms in total. The minimum absolute atomic E-state index is 0.0221. The van der Waals surface area contributed by atoms with Crippen molar-refractivity contribution in [1.82, 2.24) is 10.3 Å². The summed E-state index contributed by atoms with van der Waals surface area (Å²) in [6.45, 7) is -0.547. The second kappa shape index (κ2) is 5.16. The smallest absolute Gasteiger partial charge is 0.269 e. The number of carbonyl (C=O) groups is 1. The van der Waals surface area contributed by atoms with E-state index in [4.69, 9.17) is 0 Å². The molecule has 1 amide bonds. The number of nitrogens with zero attached hydrogens (tertiary/aromatic N) is 1. The molecule has 0 aliphatic carbocycles. The molecule has 5 heteroatoms. The highest BCUT2D eigenvalue weighted by atomic mass is 19.1. The maximum atomic E-state index is 11.7. The molecule has 0 bridgehead atoms. The van der Waals surface area contributed by atoms with Crippen molar-refractivity contribution in [2.24, 2.45) is 0 Å². The molecule has 1 heterocycles. The van der Waals surface area contributed by atoms with Crippen molar-refractivity contribution in [1.29, 1.82) is 0 Å². The zero-order valence-electron chi connectivity index (χ0n) is 7.88. The molecule has 0 spiro atoms. The molecule has 14 heavy (non-hydrogen) atoms. The van der Waals surface area contributed by atoms with Crippen molar-refractivity contribution >= 4 is 11.6 Å². The molecule has 0 aliphatic rings. The number of carbonyl (C=O) groups excluding carboxylic acids is 1. The number of hydrogen-bond donors (Lipinski definition) is 2. The zero-order valence-corrected chi connectivity index (χ0v) is 7.88. The number of nitrogens with one attached hydrogen (secondary N) is 2. The Kier molecular flexibility index (Phi) is 3.84. The molecule has 1 aromatic rings. The van der Waals surface area contributed by atoms with E-state index < -0.39 is 6.67 Å². The largest absolute Gasteiger partial charge is 0.387 e. The topological polar surface area (TPSA) is 54.0 Å². The van der Waals surface area contributed by atoms with E-state index in [1.165, 1.54) is 0 Å². The molecular weight excluding hydrogens is 185 g/mol. The van der Waals surface area contributed by atoms with Gasteiger partial charge in [-0.2, -0.15) is 0 Å². The van der Waals surface area contributed by atoms with E-state index in [-0.39, 0.29) is 18.1 Å². The van der Waals surface area contributed by atoms with Gasteiger partial charge in [0.25, 0.3) is 5.91 Å². The van der Waals surface area contributed by atoms with Gasteiger partial charge in [0.15, 0.2) is 0 Å². The SMILES string of the molecule is CNc1ccc(C(=O)NCCF)nc1. The number of anilines is 1. The average Bonchev–Trinajstić information content (AvgIpc) is 2.26. The number of alkyl halides is 1. The maximum Gasteiger partial charge on any atom is 0.269 e. The highest BCUT2D eigenvalue weighted by molar-refractivity contribution is 5.92. The van der Waals surface area contributed by atoms with Crippen LogP contribution in [0, 0.1) is 0 Å². The van der Waals surface area contributed by atoms with Crippen LogP contribution in [-0.4, -0.2) is 31.2 Å². The molecule has 1 aromatic heterocycles. The van der Waals surface area contributed by atoms with Gasteiger partial charge in [-0.05, 0) is 12.1 Å². The minimum Gasteiger partial charge on any atom is -0.387 e. The molecule has 0 radical (unpaired) electrons. The molecule has 0 fully saturated rings. The molecule has 1 rings (SSSR count). The third-order valence-corrected chi connectivity index (χ3v) is 1.66. The van der Waals surface area contributed by atoms with Gasteiger partial charge in [0, 0.05) is 13.6 Å². The van der Waals surface area contributed by atoms with Crippen molar-refractivity contribution in [2.45, 2.75) is 0 Å². The monoisotopic (exact) mass is 197 g/mol. The Morgan fingerprint density at radius 3 is 2.86 bits per heavy atom. The molecule has 0 unspecified atom stereocenters. The van der Waals surface area contributed by atoms with Gasteiger partial charge in [0.05, 0.1) is 11.9 Å². The number of hydrogen-bond acceptors (Lipinski definition) is 3. The van der Waals surface area contributed by atoms with E-state index >= 15 is 0 Å². The van der Waals surface area contributed by atoms with Crippen molar-refractivity contribution in [3.8, 4) is 0 Å². The Balaban J connectivity index is 2.62. The Labute approximate surface area is 81.5 Å². The fourth-order valence-corrected chi connectivity index (χ4v) is 0.927. The van der Waals surface area contributed by atoms with Gasteiger partial charge in [-0.25, -0.2) is 9.37 Å². The molecule has 0 aliphatic heterocycles. The van der Waals surface area contributed by atoms with Gasteiger partial charge in [-0.3, -0.25) is 4.79 Å². The number of halogens is 1. The van der Waals surface area contributed by atoms with Crippen LogP contribution < -0.4 is 10.6 Å². The first kappa shape index (κ1) is 10.4. The van der Waals surface area contributed by atoms with E-state index in [2.05, 4.69) is 15.6 Å². The number of rotatable bonds is 4. The van der Waals surface area contributed by atoms with E-state index in [0.717, 1.165) is 5.69 Å². The van der Waals surface area contributed by atoms with E-state index in [1.807, 2.05) is 0 Å². The summed E-state index contributed by atoms with van der Waals surface area (Å²) in [5, 5.41) is 5.27. The van der Waals surface area contributed by atoms with E-state index in [1.54, 1.807) is 25.4 Å². The molecule has 0 atom stereocenters. The van der Waals surface area contributed by atoms with E-state index in [0.29, 0.717) is 0 Å². The number of aromatic nitrogens is 1. The summed E-state index contributed by atoms with van der Waals surface area (Å²) in [5.41, 5.74) is 1.12. The van der Waals surface area contributed by atoms with Crippen LogP contribution in [0.15, 0.2) is 18.3 Å². The first-order valence-corrected chi connectivity index (χ1v) is 4.26. The standard InChI is InChI=1S/C9H12FN3O/c1-11-7-2-3-8(13-6-7)9(14)12-5-4-10/h2-3,6,11H,4-5H2,1H3,(H,12,14). The second-order valence-corrected chi connectivity index (χ2v) is 2.63. The lowest BCUT2D eigenvalue weighted by atomic mass is 10.3. The lowest BCUT2D eigenvalue weighted by Gasteiger charge is -2.02. The summed E-state index contributed by atoms with van der Waals surface area (Å²) in [6, 6.07) is 3.32. The summed E-state index contributed by atoms with van der Waals surface area (Å²) >= 11 is 0. The van der Waals surface area contributed by atoms with Gasteiger partial charge in [0.2, 0.25) is 0 Å². The minimum atomic E-state index is -0.569. The lowest BCUT2D eigenvalue weighted by molar-refractivity contribution is 0.0946. The van der Waals surface area contributed by atoms with E-state index in [9.17, 15) is 9.18 Å². The maximum absolute atomic E-state index is 11.7. The van der Waals surface area contributed by atoms with Crippen LogP contribution in [0.1, 0.15) is 10.5 Å². The Bertz CT molecular complexity index is 299. The number of amides is 1. The summed E-state index contributed by atoms with van der Waals surface area (Å²) in [5.74, 6) is -0.356. The van der Waals surface area contributed by atoms with Gasteiger partial charge in [-0.15, -0.1) is 0 Å². The summed E-state index contributed by atoms with van der Waals surface area (Å²) in [6.07, 6.45) is 1.55. The van der Waals surface area contributed by atoms with Gasteiger partial charge >= 0.3 is 0 Å². The summed E-state index contributed by atoms with van der Waals surface area (Å²) in [7, 11) is 1.76. The molecule has 76 valence electrons. The van der Waals surface area contributed by atoms with Crippen molar-refractivity contribution in [3.05, 3.63) is 24.0 Å². The average molecular weight is 197 g/mol. The van der Waals surface area contributed by atoms with Gasteiger partial charge < -0.3 is 10.6 Å². The quantitative estimate of drug-likeness (QED) is 0.751. The van der Waals surface area contributed by atoms with Gasteiger partial charge in [0.1, 0.15) is 12.4 Å². The summed E-state index contributed by atoms with van der Waals surface area (Å²) in [4.78, 5) is 15.1. The Hall–Kier alpha value is -1.65. The first-order chi connectivity index (χ1) is 6.77. The Morgan fingerprint density at radius 1 is 1.57 bits per heavy atom. The third-order valence-electron chi connectivity index (χ3n) is 1.66. The molecule has 0 saturated carbocycles. The predicted molar refractivity (Wildman–Crippen MR) is 52.1 cm³/mol. The van der Waals surface area contributed by atoms with Crippen LogP contribution in [0.25, 0.3) is 0 Å².